The second kappa shape index (κ2) is 5.98. The zero-order chi connectivity index (χ0) is 12.4. The van der Waals surface area contributed by atoms with E-state index in [9.17, 15) is 9.59 Å². The fourth-order valence-electron chi connectivity index (χ4n) is 1.99. The molecule has 1 aliphatic heterocycles. The van der Waals surface area contributed by atoms with Gasteiger partial charge in [0.1, 0.15) is 0 Å². The number of hydrogen-bond acceptors (Lipinski definition) is 3. The van der Waals surface area contributed by atoms with Gasteiger partial charge in [-0.15, -0.1) is 12.4 Å². The lowest BCUT2D eigenvalue weighted by atomic mass is 10.1. The number of imide groups is 1. The van der Waals surface area contributed by atoms with E-state index in [1.165, 1.54) is 4.90 Å². The summed E-state index contributed by atoms with van der Waals surface area (Å²) in [6.45, 7) is 1.36. The quantitative estimate of drug-likeness (QED) is 0.780. The molecule has 0 N–H and O–H groups in total. The van der Waals surface area contributed by atoms with Crippen molar-refractivity contribution in [3.05, 3.63) is 35.4 Å². The smallest absolute Gasteiger partial charge is 0.261 e. The summed E-state index contributed by atoms with van der Waals surface area (Å²) in [5.41, 5.74) is 1.06. The number of amides is 2. The summed E-state index contributed by atoms with van der Waals surface area (Å²) in [7, 11) is 3.95. The SMILES string of the molecule is CN(C)CCCN1C(=O)c2ccccc2C1=O.Cl. The van der Waals surface area contributed by atoms with E-state index in [1.807, 2.05) is 19.0 Å². The lowest BCUT2D eigenvalue weighted by Gasteiger charge is -2.15. The Bertz CT molecular complexity index is 425. The second-order valence-electron chi connectivity index (χ2n) is 4.46. The van der Waals surface area contributed by atoms with Crippen molar-refractivity contribution in [2.75, 3.05) is 27.2 Å². The third kappa shape index (κ3) is 2.71. The zero-order valence-electron chi connectivity index (χ0n) is 10.5. The van der Waals surface area contributed by atoms with E-state index in [0.717, 1.165) is 13.0 Å². The first kappa shape index (κ1) is 14.7. The van der Waals surface area contributed by atoms with Crippen LogP contribution in [0.4, 0.5) is 0 Å². The van der Waals surface area contributed by atoms with Crippen molar-refractivity contribution >= 4 is 24.2 Å². The molecule has 18 heavy (non-hydrogen) atoms. The average Bonchev–Trinajstić information content (AvgIpc) is 2.54. The van der Waals surface area contributed by atoms with Crippen LogP contribution in [0.3, 0.4) is 0 Å². The highest BCUT2D eigenvalue weighted by Crippen LogP contribution is 2.22. The molecule has 4 nitrogen and oxygen atoms in total. The van der Waals surface area contributed by atoms with Crippen molar-refractivity contribution in [3.8, 4) is 0 Å². The van der Waals surface area contributed by atoms with E-state index < -0.39 is 0 Å². The van der Waals surface area contributed by atoms with Gasteiger partial charge in [-0.05, 0) is 39.2 Å². The van der Waals surface area contributed by atoms with Crippen molar-refractivity contribution in [3.63, 3.8) is 0 Å². The van der Waals surface area contributed by atoms with Crippen LogP contribution < -0.4 is 0 Å². The maximum Gasteiger partial charge on any atom is 0.261 e. The van der Waals surface area contributed by atoms with Gasteiger partial charge in [0.05, 0.1) is 11.1 Å². The molecule has 1 aromatic rings. The summed E-state index contributed by atoms with van der Waals surface area (Å²) >= 11 is 0. The first-order valence-corrected chi connectivity index (χ1v) is 5.71. The van der Waals surface area contributed by atoms with Gasteiger partial charge < -0.3 is 4.90 Å². The monoisotopic (exact) mass is 268 g/mol. The van der Waals surface area contributed by atoms with Crippen LogP contribution in [0.5, 0.6) is 0 Å². The Morgan fingerprint density at radius 1 is 1.06 bits per heavy atom. The Labute approximate surface area is 113 Å². The van der Waals surface area contributed by atoms with Crippen LogP contribution in [0.25, 0.3) is 0 Å². The van der Waals surface area contributed by atoms with E-state index in [1.54, 1.807) is 24.3 Å². The molecule has 0 aromatic heterocycles. The minimum absolute atomic E-state index is 0. The van der Waals surface area contributed by atoms with Crippen molar-refractivity contribution in [2.45, 2.75) is 6.42 Å². The summed E-state index contributed by atoms with van der Waals surface area (Å²) in [6, 6.07) is 6.99. The van der Waals surface area contributed by atoms with E-state index >= 15 is 0 Å². The lowest BCUT2D eigenvalue weighted by molar-refractivity contribution is 0.0649. The van der Waals surface area contributed by atoms with Crippen LogP contribution in [-0.2, 0) is 0 Å². The Morgan fingerprint density at radius 2 is 1.56 bits per heavy atom. The Balaban J connectivity index is 0.00000162. The van der Waals surface area contributed by atoms with Gasteiger partial charge in [0.2, 0.25) is 0 Å². The molecule has 0 saturated heterocycles. The first-order valence-electron chi connectivity index (χ1n) is 5.71. The predicted molar refractivity (Wildman–Crippen MR) is 72.2 cm³/mol. The minimum Gasteiger partial charge on any atom is -0.309 e. The molecule has 0 unspecified atom stereocenters. The van der Waals surface area contributed by atoms with E-state index in [4.69, 9.17) is 0 Å². The molecular weight excluding hydrogens is 252 g/mol. The molecule has 2 rings (SSSR count). The molecule has 2 amide bonds. The summed E-state index contributed by atoms with van der Waals surface area (Å²) in [4.78, 5) is 27.3. The molecule has 0 atom stereocenters. The van der Waals surface area contributed by atoms with Gasteiger partial charge in [-0.2, -0.15) is 0 Å². The molecule has 0 aliphatic carbocycles. The lowest BCUT2D eigenvalue weighted by Crippen LogP contribution is -2.32. The summed E-state index contributed by atoms with van der Waals surface area (Å²) in [5.74, 6) is -0.325. The number of benzene rings is 1. The van der Waals surface area contributed by atoms with Crippen molar-refractivity contribution in [1.82, 2.24) is 9.80 Å². The Morgan fingerprint density at radius 3 is 2.00 bits per heavy atom. The number of halogens is 1. The Hall–Kier alpha value is -1.39. The number of carbonyl (C=O) groups excluding carboxylic acids is 2. The van der Waals surface area contributed by atoms with Crippen LogP contribution >= 0.6 is 12.4 Å². The number of fused-ring (bicyclic) bond motifs is 1. The third-order valence-electron chi connectivity index (χ3n) is 2.87. The molecule has 0 spiro atoms. The van der Waals surface area contributed by atoms with Gasteiger partial charge in [-0.1, -0.05) is 12.1 Å². The maximum absolute atomic E-state index is 12.0. The maximum atomic E-state index is 12.0. The summed E-state index contributed by atoms with van der Waals surface area (Å²) in [5, 5.41) is 0. The molecule has 0 fully saturated rings. The molecule has 5 heteroatoms. The Kier molecular flexibility index (Phi) is 4.87. The highest BCUT2D eigenvalue weighted by atomic mass is 35.5. The molecule has 0 bridgehead atoms. The van der Waals surface area contributed by atoms with E-state index in [-0.39, 0.29) is 24.2 Å². The predicted octanol–water partition coefficient (Wildman–Crippen LogP) is 1.66. The zero-order valence-corrected chi connectivity index (χ0v) is 11.4. The summed E-state index contributed by atoms with van der Waals surface area (Å²) in [6.07, 6.45) is 0.804. The average molecular weight is 269 g/mol. The normalized spacial score (nSPS) is 13.8. The molecule has 1 aliphatic rings. The van der Waals surface area contributed by atoms with Crippen molar-refractivity contribution in [2.24, 2.45) is 0 Å². The minimum atomic E-state index is -0.163. The van der Waals surface area contributed by atoms with Crippen LogP contribution in [0.2, 0.25) is 0 Å². The molecule has 0 radical (unpaired) electrons. The second-order valence-corrected chi connectivity index (χ2v) is 4.46. The fourth-order valence-corrected chi connectivity index (χ4v) is 1.99. The van der Waals surface area contributed by atoms with Crippen LogP contribution in [-0.4, -0.2) is 48.8 Å². The summed E-state index contributed by atoms with van der Waals surface area (Å²) < 4.78 is 0. The molecule has 98 valence electrons. The first-order chi connectivity index (χ1) is 8.11. The van der Waals surface area contributed by atoms with E-state index in [2.05, 4.69) is 0 Å². The number of carbonyl (C=O) groups is 2. The third-order valence-corrected chi connectivity index (χ3v) is 2.87. The molecule has 1 heterocycles. The van der Waals surface area contributed by atoms with Crippen molar-refractivity contribution < 1.29 is 9.59 Å². The van der Waals surface area contributed by atoms with E-state index in [0.29, 0.717) is 17.7 Å². The largest absolute Gasteiger partial charge is 0.309 e. The number of nitrogens with zero attached hydrogens (tertiary/aromatic N) is 2. The van der Waals surface area contributed by atoms with Gasteiger partial charge in [0.15, 0.2) is 0 Å². The topological polar surface area (TPSA) is 40.6 Å². The van der Waals surface area contributed by atoms with Crippen LogP contribution in [0, 0.1) is 0 Å². The van der Waals surface area contributed by atoms with Gasteiger partial charge >= 0.3 is 0 Å². The van der Waals surface area contributed by atoms with Crippen molar-refractivity contribution in [1.29, 1.82) is 0 Å². The van der Waals surface area contributed by atoms with Gasteiger partial charge in [0.25, 0.3) is 11.8 Å². The van der Waals surface area contributed by atoms with Crippen LogP contribution in [0.1, 0.15) is 27.1 Å². The molecular formula is C13H17ClN2O2. The standard InChI is InChI=1S/C13H16N2O2.ClH/c1-14(2)8-5-9-15-12(16)10-6-3-4-7-11(10)13(15)17;/h3-4,6-7H,5,8-9H2,1-2H3;1H. The number of hydrogen-bond donors (Lipinski definition) is 0. The highest BCUT2D eigenvalue weighted by Gasteiger charge is 2.34. The number of rotatable bonds is 4. The molecule has 0 saturated carbocycles. The van der Waals surface area contributed by atoms with Gasteiger partial charge in [-0.3, -0.25) is 14.5 Å². The van der Waals surface area contributed by atoms with Crippen LogP contribution in [0.15, 0.2) is 24.3 Å². The van der Waals surface area contributed by atoms with Gasteiger partial charge in [-0.25, -0.2) is 0 Å². The molecule has 1 aromatic carbocycles. The highest BCUT2D eigenvalue weighted by molar-refractivity contribution is 6.21. The van der Waals surface area contributed by atoms with Gasteiger partial charge in [0, 0.05) is 6.54 Å². The fraction of sp³-hybridized carbons (Fsp3) is 0.385.